The fraction of sp³-hybridized carbons (Fsp3) is 0.0204. The lowest BCUT2D eigenvalue weighted by Gasteiger charge is -2.18. The van der Waals surface area contributed by atoms with Gasteiger partial charge in [-0.15, -0.1) is 0 Å². The van der Waals surface area contributed by atoms with Crippen LogP contribution in [0.3, 0.4) is 0 Å². The zero-order valence-corrected chi connectivity index (χ0v) is 27.9. The average molecular weight is 649 g/mol. The number of benzene rings is 7. The zero-order chi connectivity index (χ0) is 33.7. The molecule has 1 aliphatic rings. The van der Waals surface area contributed by atoms with Crippen LogP contribution in [0, 0.1) is 0 Å². The van der Waals surface area contributed by atoms with Crippen molar-refractivity contribution in [3.8, 4) is 56.0 Å². The minimum atomic E-state index is 0.0889. The molecule has 0 bridgehead atoms. The van der Waals surface area contributed by atoms with Gasteiger partial charge < -0.3 is 0 Å². The van der Waals surface area contributed by atoms with Crippen molar-refractivity contribution >= 4 is 21.5 Å². The van der Waals surface area contributed by atoms with Crippen LogP contribution in [-0.2, 0) is 0 Å². The predicted octanol–water partition coefficient (Wildman–Crippen LogP) is 12.6. The topological polar surface area (TPSA) is 25.8 Å². The first-order valence-corrected chi connectivity index (χ1v) is 17.5. The molecule has 0 N–H and O–H groups in total. The first-order valence-electron chi connectivity index (χ1n) is 17.5. The predicted molar refractivity (Wildman–Crippen MR) is 212 cm³/mol. The molecule has 10 rings (SSSR count). The second kappa shape index (κ2) is 12.0. The van der Waals surface area contributed by atoms with Gasteiger partial charge in [-0.1, -0.05) is 158 Å². The lowest BCUT2D eigenvalue weighted by molar-refractivity contribution is 0.946. The summed E-state index contributed by atoms with van der Waals surface area (Å²) in [6, 6.07) is 67.2. The quantitative estimate of drug-likeness (QED) is 0.174. The van der Waals surface area contributed by atoms with Gasteiger partial charge in [-0.05, 0) is 96.4 Å². The van der Waals surface area contributed by atoms with Gasteiger partial charge in [-0.25, -0.2) is 4.98 Å². The molecule has 9 aromatic rings. The highest BCUT2D eigenvalue weighted by atomic mass is 14.8. The van der Waals surface area contributed by atoms with Crippen LogP contribution in [-0.4, -0.2) is 9.97 Å². The molecule has 0 saturated heterocycles. The molecule has 0 atom stereocenters. The molecule has 1 aliphatic carbocycles. The fourth-order valence-corrected chi connectivity index (χ4v) is 8.14. The van der Waals surface area contributed by atoms with Crippen molar-refractivity contribution < 1.29 is 0 Å². The van der Waals surface area contributed by atoms with Crippen LogP contribution >= 0.6 is 0 Å². The molecule has 51 heavy (non-hydrogen) atoms. The minimum absolute atomic E-state index is 0.0889. The Bertz CT molecular complexity index is 2700. The summed E-state index contributed by atoms with van der Waals surface area (Å²) in [5.41, 5.74) is 14.9. The van der Waals surface area contributed by atoms with E-state index in [0.717, 1.165) is 28.3 Å². The minimum Gasteiger partial charge on any atom is -0.250 e. The Labute approximate surface area is 297 Å². The number of hydrogen-bond acceptors (Lipinski definition) is 2. The summed E-state index contributed by atoms with van der Waals surface area (Å²) >= 11 is 0. The molecule has 0 aliphatic heterocycles. The molecular weight excluding hydrogens is 617 g/mol. The van der Waals surface area contributed by atoms with Crippen LogP contribution in [0.5, 0.6) is 0 Å². The molecule has 0 radical (unpaired) electrons. The third-order valence-electron chi connectivity index (χ3n) is 10.4. The van der Waals surface area contributed by atoms with E-state index in [-0.39, 0.29) is 5.92 Å². The van der Waals surface area contributed by atoms with Crippen molar-refractivity contribution in [2.75, 3.05) is 0 Å². The van der Waals surface area contributed by atoms with Gasteiger partial charge in [0, 0.05) is 5.56 Å². The maximum Gasteiger partial charge on any atom is 0.0893 e. The normalized spacial score (nSPS) is 12.2. The summed E-state index contributed by atoms with van der Waals surface area (Å²) in [7, 11) is 0. The van der Waals surface area contributed by atoms with Gasteiger partial charge in [0.05, 0.1) is 28.7 Å². The number of rotatable bonds is 5. The first kappa shape index (κ1) is 29.3. The SMILES string of the molecule is c1ccc(-c2c3ccccc3c(-c3ccccc3)c3cc(-c4cccc(-c5cccc(C6c7ccccc7-c7ccccc76)n5)n4)ccc23)cc1. The third-order valence-corrected chi connectivity index (χ3v) is 10.4. The molecule has 0 saturated carbocycles. The van der Waals surface area contributed by atoms with Gasteiger partial charge in [-0.2, -0.15) is 0 Å². The van der Waals surface area contributed by atoms with E-state index in [2.05, 4.69) is 188 Å². The Morgan fingerprint density at radius 1 is 0.314 bits per heavy atom. The van der Waals surface area contributed by atoms with Crippen molar-refractivity contribution in [1.29, 1.82) is 0 Å². The van der Waals surface area contributed by atoms with E-state index in [1.54, 1.807) is 0 Å². The largest absolute Gasteiger partial charge is 0.250 e. The van der Waals surface area contributed by atoms with E-state index in [1.165, 1.54) is 66.1 Å². The van der Waals surface area contributed by atoms with E-state index in [1.807, 2.05) is 0 Å². The molecule has 0 fully saturated rings. The maximum atomic E-state index is 5.28. The lowest BCUT2D eigenvalue weighted by Crippen LogP contribution is -2.03. The number of fused-ring (bicyclic) bond motifs is 5. The molecule has 2 heterocycles. The monoisotopic (exact) mass is 648 g/mol. The first-order chi connectivity index (χ1) is 25.3. The molecule has 0 amide bonds. The van der Waals surface area contributed by atoms with Crippen LogP contribution in [0.4, 0.5) is 0 Å². The van der Waals surface area contributed by atoms with Gasteiger partial charge in [-0.3, -0.25) is 4.98 Å². The van der Waals surface area contributed by atoms with Gasteiger partial charge in [0.25, 0.3) is 0 Å². The standard InChI is InChI=1S/C49H32N2/c1-3-15-32(16-4-1)47-39-23-11-12-24-40(39)48(33-17-5-2-6-18-33)42-31-34(29-30-41(42)47)43-25-13-26-44(50-43)45-27-14-28-46(51-45)49-37-21-9-7-19-35(37)36-20-8-10-22-38(36)49/h1-31,49H. The van der Waals surface area contributed by atoms with Crippen LogP contribution in [0.15, 0.2) is 188 Å². The zero-order valence-electron chi connectivity index (χ0n) is 27.9. The average Bonchev–Trinajstić information content (AvgIpc) is 3.55. The summed E-state index contributed by atoms with van der Waals surface area (Å²) in [6.07, 6.45) is 0. The van der Waals surface area contributed by atoms with E-state index in [9.17, 15) is 0 Å². The van der Waals surface area contributed by atoms with Crippen LogP contribution in [0.25, 0.3) is 77.6 Å². The Morgan fingerprint density at radius 3 is 1.45 bits per heavy atom. The molecular formula is C49H32N2. The van der Waals surface area contributed by atoms with Gasteiger partial charge >= 0.3 is 0 Å². The number of hydrogen-bond donors (Lipinski definition) is 0. The highest BCUT2D eigenvalue weighted by molar-refractivity contribution is 6.21. The van der Waals surface area contributed by atoms with Crippen LogP contribution in [0.2, 0.25) is 0 Å². The van der Waals surface area contributed by atoms with Crippen LogP contribution < -0.4 is 0 Å². The van der Waals surface area contributed by atoms with Gasteiger partial charge in [0.2, 0.25) is 0 Å². The lowest BCUT2D eigenvalue weighted by atomic mass is 9.85. The van der Waals surface area contributed by atoms with Crippen molar-refractivity contribution in [2.24, 2.45) is 0 Å². The molecule has 2 heteroatoms. The summed E-state index contributed by atoms with van der Waals surface area (Å²) in [5.74, 6) is 0.0889. The number of aromatic nitrogens is 2. The van der Waals surface area contributed by atoms with Crippen molar-refractivity contribution in [2.45, 2.75) is 5.92 Å². The van der Waals surface area contributed by atoms with E-state index >= 15 is 0 Å². The van der Waals surface area contributed by atoms with E-state index in [4.69, 9.17) is 9.97 Å². The highest BCUT2D eigenvalue weighted by Crippen LogP contribution is 2.48. The smallest absolute Gasteiger partial charge is 0.0893 e. The molecule has 2 aromatic heterocycles. The van der Waals surface area contributed by atoms with Crippen molar-refractivity contribution in [3.63, 3.8) is 0 Å². The Morgan fingerprint density at radius 2 is 0.804 bits per heavy atom. The van der Waals surface area contributed by atoms with E-state index in [0.29, 0.717) is 0 Å². The molecule has 0 unspecified atom stereocenters. The van der Waals surface area contributed by atoms with Crippen LogP contribution in [0.1, 0.15) is 22.7 Å². The Balaban J connectivity index is 1.13. The number of nitrogens with zero attached hydrogens (tertiary/aromatic N) is 2. The van der Waals surface area contributed by atoms with Gasteiger partial charge in [0.15, 0.2) is 0 Å². The fourth-order valence-electron chi connectivity index (χ4n) is 8.14. The summed E-state index contributed by atoms with van der Waals surface area (Å²) in [4.78, 5) is 10.5. The second-order valence-corrected chi connectivity index (χ2v) is 13.3. The number of pyridine rings is 2. The Hall–Kier alpha value is -6.64. The van der Waals surface area contributed by atoms with Crippen molar-refractivity contribution in [1.82, 2.24) is 9.97 Å². The maximum absolute atomic E-state index is 5.28. The molecule has 2 nitrogen and oxygen atoms in total. The summed E-state index contributed by atoms with van der Waals surface area (Å²) in [5, 5.41) is 4.93. The Kier molecular flexibility index (Phi) is 6.92. The summed E-state index contributed by atoms with van der Waals surface area (Å²) < 4.78 is 0. The molecule has 0 spiro atoms. The summed E-state index contributed by atoms with van der Waals surface area (Å²) in [6.45, 7) is 0. The molecule has 238 valence electrons. The second-order valence-electron chi connectivity index (χ2n) is 13.3. The molecule has 7 aromatic carbocycles. The van der Waals surface area contributed by atoms with Crippen molar-refractivity contribution in [3.05, 3.63) is 205 Å². The highest BCUT2D eigenvalue weighted by Gasteiger charge is 2.30. The third kappa shape index (κ3) is 4.87. The van der Waals surface area contributed by atoms with Gasteiger partial charge in [0.1, 0.15) is 0 Å². The van der Waals surface area contributed by atoms with E-state index < -0.39 is 0 Å².